The first-order chi connectivity index (χ1) is 13.3. The fourth-order valence-electron chi connectivity index (χ4n) is 2.64. The molecule has 0 atom stereocenters. The van der Waals surface area contributed by atoms with Gasteiger partial charge in [-0.05, 0) is 47.9 Å². The van der Waals surface area contributed by atoms with Crippen LogP contribution in [0, 0.1) is 5.82 Å². The van der Waals surface area contributed by atoms with Crippen LogP contribution >= 0.6 is 0 Å². The van der Waals surface area contributed by atoms with Crippen LogP contribution in [0.1, 0.15) is 23.6 Å². The number of aliphatic imine (C=N–C) groups is 1. The molecule has 0 spiro atoms. The average Bonchev–Trinajstić information content (AvgIpc) is 2.65. The summed E-state index contributed by atoms with van der Waals surface area (Å²) in [6, 6.07) is 11.7. The van der Waals surface area contributed by atoms with Gasteiger partial charge in [-0.2, -0.15) is 0 Å². The zero-order valence-electron chi connectivity index (χ0n) is 16.3. The average molecular weight is 408 g/mol. The van der Waals surface area contributed by atoms with Gasteiger partial charge in [0.25, 0.3) is 0 Å². The second kappa shape index (κ2) is 10.1. The van der Waals surface area contributed by atoms with Crippen molar-refractivity contribution in [2.24, 2.45) is 4.99 Å². The highest BCUT2D eigenvalue weighted by atomic mass is 32.2. The molecule has 0 aliphatic heterocycles. The molecule has 0 aliphatic rings. The van der Waals surface area contributed by atoms with Gasteiger partial charge in [0, 0.05) is 19.3 Å². The van der Waals surface area contributed by atoms with Crippen LogP contribution in [0.3, 0.4) is 0 Å². The molecule has 6 nitrogen and oxygen atoms in total. The molecule has 0 saturated carbocycles. The maximum Gasteiger partial charge on any atom is 0.191 e. The minimum Gasteiger partial charge on any atom is -0.497 e. The summed E-state index contributed by atoms with van der Waals surface area (Å²) in [5.41, 5.74) is 2.14. The topological polar surface area (TPSA) is 79.8 Å². The molecule has 0 unspecified atom stereocenters. The highest BCUT2D eigenvalue weighted by Crippen LogP contribution is 2.15. The van der Waals surface area contributed by atoms with Crippen LogP contribution in [0.15, 0.2) is 47.5 Å². The summed E-state index contributed by atoms with van der Waals surface area (Å²) in [4.78, 5) is 4.53. The molecule has 0 fully saturated rings. The van der Waals surface area contributed by atoms with Crippen molar-refractivity contribution in [2.45, 2.75) is 25.8 Å². The van der Waals surface area contributed by atoms with Crippen molar-refractivity contribution in [2.75, 3.05) is 19.9 Å². The Kier molecular flexibility index (Phi) is 7.80. The van der Waals surface area contributed by atoms with Gasteiger partial charge in [0.1, 0.15) is 11.6 Å². The monoisotopic (exact) mass is 407 g/mol. The van der Waals surface area contributed by atoms with E-state index < -0.39 is 15.7 Å². The summed E-state index contributed by atoms with van der Waals surface area (Å²) in [6.07, 6.45) is 1.16. The highest BCUT2D eigenvalue weighted by Gasteiger charge is 2.11. The Hall–Kier alpha value is -2.61. The van der Waals surface area contributed by atoms with Crippen LogP contribution in [0.25, 0.3) is 0 Å². The molecule has 0 amide bonds. The Morgan fingerprint density at radius 2 is 1.93 bits per heavy atom. The summed E-state index contributed by atoms with van der Waals surface area (Å²) >= 11 is 0. The van der Waals surface area contributed by atoms with E-state index in [1.165, 1.54) is 18.2 Å². The van der Waals surface area contributed by atoms with E-state index in [0.717, 1.165) is 17.6 Å². The Labute approximate surface area is 165 Å². The molecule has 152 valence electrons. The van der Waals surface area contributed by atoms with Gasteiger partial charge in [0.2, 0.25) is 0 Å². The maximum absolute atomic E-state index is 13.7. The standard InChI is InChI=1S/C20H26FN3O3S/c1-4-22-20(23-12-15-6-5-7-19(10-15)27-2)24-13-17-11-18(21)9-8-16(17)14-28(3,25)26/h5-11H,4,12-14H2,1-3H3,(H2,22,23,24). The lowest BCUT2D eigenvalue weighted by molar-refractivity contribution is 0.414. The van der Waals surface area contributed by atoms with Gasteiger partial charge in [-0.15, -0.1) is 0 Å². The number of halogens is 1. The van der Waals surface area contributed by atoms with Crippen LogP contribution in [-0.2, 0) is 28.7 Å². The minimum absolute atomic E-state index is 0.137. The molecule has 8 heteroatoms. The molecule has 0 saturated heterocycles. The van der Waals surface area contributed by atoms with Gasteiger partial charge >= 0.3 is 0 Å². The molecule has 2 N–H and O–H groups in total. The largest absolute Gasteiger partial charge is 0.497 e. The van der Waals surface area contributed by atoms with E-state index in [-0.39, 0.29) is 12.3 Å². The van der Waals surface area contributed by atoms with Gasteiger partial charge in [-0.3, -0.25) is 0 Å². The SMILES string of the molecule is CCNC(=NCc1cccc(OC)c1)NCc1cc(F)ccc1CS(C)(=O)=O. The number of nitrogens with one attached hydrogen (secondary N) is 2. The van der Waals surface area contributed by atoms with Gasteiger partial charge in [0.15, 0.2) is 15.8 Å². The van der Waals surface area contributed by atoms with Crippen molar-refractivity contribution in [1.29, 1.82) is 0 Å². The van der Waals surface area contributed by atoms with Crippen LogP contribution in [0.5, 0.6) is 5.75 Å². The molecule has 2 rings (SSSR count). The molecule has 28 heavy (non-hydrogen) atoms. The van der Waals surface area contributed by atoms with Crippen molar-refractivity contribution >= 4 is 15.8 Å². The van der Waals surface area contributed by atoms with Crippen molar-refractivity contribution < 1.29 is 17.5 Å². The maximum atomic E-state index is 13.7. The number of sulfone groups is 1. The second-order valence-corrected chi connectivity index (χ2v) is 8.52. The molecule has 0 heterocycles. The van der Waals surface area contributed by atoms with Gasteiger partial charge in [-0.25, -0.2) is 17.8 Å². The van der Waals surface area contributed by atoms with E-state index in [9.17, 15) is 12.8 Å². The second-order valence-electron chi connectivity index (χ2n) is 6.38. The third-order valence-electron chi connectivity index (χ3n) is 3.93. The molecule has 2 aromatic carbocycles. The Balaban J connectivity index is 2.13. The Morgan fingerprint density at radius 3 is 2.61 bits per heavy atom. The number of benzene rings is 2. The first-order valence-corrected chi connectivity index (χ1v) is 11.0. The number of rotatable bonds is 8. The van der Waals surface area contributed by atoms with Crippen molar-refractivity contribution in [3.8, 4) is 5.75 Å². The molecule has 0 aromatic heterocycles. The fraction of sp³-hybridized carbons (Fsp3) is 0.350. The highest BCUT2D eigenvalue weighted by molar-refractivity contribution is 7.89. The smallest absolute Gasteiger partial charge is 0.191 e. The van der Waals surface area contributed by atoms with E-state index in [2.05, 4.69) is 15.6 Å². The molecular formula is C20H26FN3O3S. The predicted molar refractivity (Wildman–Crippen MR) is 110 cm³/mol. The van der Waals surface area contributed by atoms with E-state index in [0.29, 0.717) is 30.2 Å². The lowest BCUT2D eigenvalue weighted by Gasteiger charge is -2.14. The van der Waals surface area contributed by atoms with E-state index >= 15 is 0 Å². The lowest BCUT2D eigenvalue weighted by Crippen LogP contribution is -2.37. The van der Waals surface area contributed by atoms with Gasteiger partial charge in [-0.1, -0.05) is 18.2 Å². The van der Waals surface area contributed by atoms with E-state index in [4.69, 9.17) is 4.74 Å². The summed E-state index contributed by atoms with van der Waals surface area (Å²) in [5.74, 6) is 0.769. The third-order valence-corrected chi connectivity index (χ3v) is 4.77. The zero-order chi connectivity index (χ0) is 20.6. The van der Waals surface area contributed by atoms with Gasteiger partial charge < -0.3 is 15.4 Å². The predicted octanol–water partition coefficient (Wildman–Crippen LogP) is 2.63. The molecule has 0 radical (unpaired) electrons. The lowest BCUT2D eigenvalue weighted by atomic mass is 10.1. The Bertz CT molecular complexity index is 930. The van der Waals surface area contributed by atoms with Crippen molar-refractivity contribution in [3.05, 3.63) is 65.0 Å². The molecule has 0 aliphatic carbocycles. The quantitative estimate of drug-likeness (QED) is 0.519. The van der Waals surface area contributed by atoms with Gasteiger partial charge in [0.05, 0.1) is 19.4 Å². The first-order valence-electron chi connectivity index (χ1n) is 8.91. The Morgan fingerprint density at radius 1 is 1.14 bits per heavy atom. The van der Waals surface area contributed by atoms with E-state index in [1.807, 2.05) is 31.2 Å². The third kappa shape index (κ3) is 7.19. The number of guanidine groups is 1. The number of methoxy groups -OCH3 is 1. The first kappa shape index (κ1) is 21.7. The number of nitrogens with zero attached hydrogens (tertiary/aromatic N) is 1. The van der Waals surface area contributed by atoms with E-state index in [1.54, 1.807) is 7.11 Å². The van der Waals surface area contributed by atoms with Crippen molar-refractivity contribution in [3.63, 3.8) is 0 Å². The molecule has 0 bridgehead atoms. The van der Waals surface area contributed by atoms with Crippen molar-refractivity contribution in [1.82, 2.24) is 10.6 Å². The van der Waals surface area contributed by atoms with Crippen LogP contribution in [0.4, 0.5) is 4.39 Å². The summed E-state index contributed by atoms with van der Waals surface area (Å²) in [7, 11) is -1.61. The summed E-state index contributed by atoms with van der Waals surface area (Å²) in [6.45, 7) is 3.29. The zero-order valence-corrected chi connectivity index (χ0v) is 17.1. The molecular weight excluding hydrogens is 381 g/mol. The number of hydrogen-bond acceptors (Lipinski definition) is 4. The number of hydrogen-bond donors (Lipinski definition) is 2. The van der Waals surface area contributed by atoms with Crippen LogP contribution < -0.4 is 15.4 Å². The summed E-state index contributed by atoms with van der Waals surface area (Å²) < 4.78 is 42.1. The molecule has 2 aromatic rings. The normalized spacial score (nSPS) is 11.9. The number of ether oxygens (including phenoxy) is 1. The van der Waals surface area contributed by atoms with Crippen LogP contribution in [0.2, 0.25) is 0 Å². The fourth-order valence-corrected chi connectivity index (χ4v) is 3.49. The summed E-state index contributed by atoms with van der Waals surface area (Å²) in [5, 5.41) is 6.27. The van der Waals surface area contributed by atoms with Crippen LogP contribution in [-0.4, -0.2) is 34.3 Å². The minimum atomic E-state index is -3.22.